The zero-order chi connectivity index (χ0) is 12.5. The highest BCUT2D eigenvalue weighted by Crippen LogP contribution is 2.42. The Balaban J connectivity index is 2.42. The second-order valence-corrected chi connectivity index (χ2v) is 4.72. The summed E-state index contributed by atoms with van der Waals surface area (Å²) in [6, 6.07) is 4.96. The molecule has 1 aliphatic rings. The summed E-state index contributed by atoms with van der Waals surface area (Å²) in [6.07, 6.45) is 2.84. The molecule has 1 unspecified atom stereocenters. The zero-order valence-electron chi connectivity index (χ0n) is 10.7. The van der Waals surface area contributed by atoms with Gasteiger partial charge in [-0.3, -0.25) is 0 Å². The Kier molecular flexibility index (Phi) is 3.38. The van der Waals surface area contributed by atoms with Gasteiger partial charge < -0.3 is 10.1 Å². The van der Waals surface area contributed by atoms with Crippen molar-refractivity contribution in [3.8, 4) is 5.75 Å². The first-order valence-corrected chi connectivity index (χ1v) is 6.30. The number of ether oxygens (including phenoxy) is 1. The van der Waals surface area contributed by atoms with Gasteiger partial charge in [-0.1, -0.05) is 13.8 Å². The molecule has 0 aliphatic carbocycles. The fourth-order valence-electron chi connectivity index (χ4n) is 2.58. The molecule has 1 N–H and O–H groups in total. The van der Waals surface area contributed by atoms with Gasteiger partial charge in [0, 0.05) is 18.0 Å². The maximum absolute atomic E-state index is 13.3. The quantitative estimate of drug-likeness (QED) is 0.869. The number of halogens is 1. The first-order valence-electron chi connectivity index (χ1n) is 6.30. The van der Waals surface area contributed by atoms with Crippen LogP contribution in [-0.4, -0.2) is 12.6 Å². The lowest BCUT2D eigenvalue weighted by Gasteiger charge is -2.41. The Morgan fingerprint density at radius 3 is 2.71 bits per heavy atom. The Hall–Kier alpha value is -1.09. The lowest BCUT2D eigenvalue weighted by atomic mass is 9.83. The topological polar surface area (TPSA) is 21.3 Å². The fraction of sp³-hybridized carbons (Fsp3) is 0.571. The average molecular weight is 237 g/mol. The summed E-state index contributed by atoms with van der Waals surface area (Å²) in [4.78, 5) is 0. The molecule has 1 aromatic carbocycles. The van der Waals surface area contributed by atoms with E-state index in [9.17, 15) is 4.39 Å². The molecule has 3 heteroatoms. The molecule has 1 atom stereocenters. The first kappa shape index (κ1) is 12.4. The van der Waals surface area contributed by atoms with Crippen molar-refractivity contribution < 1.29 is 9.13 Å². The lowest BCUT2D eigenvalue weighted by Crippen LogP contribution is -2.42. The van der Waals surface area contributed by atoms with Crippen molar-refractivity contribution in [2.24, 2.45) is 0 Å². The van der Waals surface area contributed by atoms with Gasteiger partial charge in [-0.05, 0) is 38.1 Å². The molecule has 0 bridgehead atoms. The van der Waals surface area contributed by atoms with E-state index in [4.69, 9.17) is 4.74 Å². The molecule has 0 aromatic heterocycles. The third-order valence-corrected chi connectivity index (χ3v) is 3.89. The van der Waals surface area contributed by atoms with Crippen LogP contribution in [0.5, 0.6) is 5.75 Å². The zero-order valence-corrected chi connectivity index (χ0v) is 10.7. The van der Waals surface area contributed by atoms with Crippen molar-refractivity contribution in [3.05, 3.63) is 29.6 Å². The average Bonchev–Trinajstić information content (AvgIpc) is 2.37. The second-order valence-electron chi connectivity index (χ2n) is 4.72. The highest BCUT2D eigenvalue weighted by molar-refractivity contribution is 5.39. The van der Waals surface area contributed by atoms with Gasteiger partial charge in [0.05, 0.1) is 0 Å². The minimum Gasteiger partial charge on any atom is -0.487 e. The van der Waals surface area contributed by atoms with E-state index in [1.54, 1.807) is 12.1 Å². The van der Waals surface area contributed by atoms with Gasteiger partial charge >= 0.3 is 0 Å². The van der Waals surface area contributed by atoms with E-state index in [-0.39, 0.29) is 17.5 Å². The molecule has 0 radical (unpaired) electrons. The monoisotopic (exact) mass is 237 g/mol. The lowest BCUT2D eigenvalue weighted by molar-refractivity contribution is 0.0237. The van der Waals surface area contributed by atoms with Crippen LogP contribution in [0.25, 0.3) is 0 Å². The molecule has 1 aromatic rings. The van der Waals surface area contributed by atoms with Crippen LogP contribution in [-0.2, 0) is 0 Å². The third-order valence-electron chi connectivity index (χ3n) is 3.89. The van der Waals surface area contributed by atoms with E-state index in [0.717, 1.165) is 30.6 Å². The maximum Gasteiger partial charge on any atom is 0.125 e. The summed E-state index contributed by atoms with van der Waals surface area (Å²) in [5, 5.41) is 3.26. The smallest absolute Gasteiger partial charge is 0.125 e. The number of hydrogen-bond donors (Lipinski definition) is 1. The van der Waals surface area contributed by atoms with E-state index in [1.807, 2.05) is 7.05 Å². The van der Waals surface area contributed by atoms with Gasteiger partial charge in [0.2, 0.25) is 0 Å². The number of benzene rings is 1. The van der Waals surface area contributed by atoms with Gasteiger partial charge in [-0.2, -0.15) is 0 Å². The summed E-state index contributed by atoms with van der Waals surface area (Å²) in [6.45, 7) is 4.29. The summed E-state index contributed by atoms with van der Waals surface area (Å²) >= 11 is 0. The summed E-state index contributed by atoms with van der Waals surface area (Å²) in [5.74, 6) is 0.619. The number of fused-ring (bicyclic) bond motifs is 1. The standard InChI is InChI=1S/C14H20FNO/c1-4-14(5-2)9-12(16-3)11-8-10(15)6-7-13(11)17-14/h6-8,12,16H,4-5,9H2,1-3H3. The Morgan fingerprint density at radius 1 is 1.41 bits per heavy atom. The predicted octanol–water partition coefficient (Wildman–Crippen LogP) is 3.43. The van der Waals surface area contributed by atoms with E-state index in [0.29, 0.717) is 0 Å². The van der Waals surface area contributed by atoms with E-state index in [1.165, 1.54) is 6.07 Å². The molecular formula is C14H20FNO. The van der Waals surface area contributed by atoms with Gasteiger partial charge in [-0.15, -0.1) is 0 Å². The SMILES string of the molecule is CCC1(CC)CC(NC)c2cc(F)ccc2O1. The molecule has 0 amide bonds. The van der Waals surface area contributed by atoms with Crippen LogP contribution in [0.2, 0.25) is 0 Å². The van der Waals surface area contributed by atoms with Crippen LogP contribution in [0.3, 0.4) is 0 Å². The van der Waals surface area contributed by atoms with E-state index in [2.05, 4.69) is 19.2 Å². The predicted molar refractivity (Wildman–Crippen MR) is 66.8 cm³/mol. The van der Waals surface area contributed by atoms with Crippen molar-refractivity contribution in [3.63, 3.8) is 0 Å². The van der Waals surface area contributed by atoms with E-state index < -0.39 is 0 Å². The summed E-state index contributed by atoms with van der Waals surface area (Å²) in [5.41, 5.74) is 0.823. The largest absolute Gasteiger partial charge is 0.487 e. The molecular weight excluding hydrogens is 217 g/mol. The fourth-order valence-corrected chi connectivity index (χ4v) is 2.58. The van der Waals surface area contributed by atoms with Crippen LogP contribution in [0, 0.1) is 5.82 Å². The molecule has 2 rings (SSSR count). The second kappa shape index (κ2) is 4.65. The van der Waals surface area contributed by atoms with E-state index >= 15 is 0 Å². The van der Waals surface area contributed by atoms with Gasteiger partial charge in [0.25, 0.3) is 0 Å². The number of hydrogen-bond acceptors (Lipinski definition) is 2. The number of rotatable bonds is 3. The molecule has 1 aliphatic heterocycles. The van der Waals surface area contributed by atoms with Crippen LogP contribution in [0.15, 0.2) is 18.2 Å². The summed E-state index contributed by atoms with van der Waals surface area (Å²) < 4.78 is 19.4. The van der Waals surface area contributed by atoms with Crippen molar-refractivity contribution in [2.75, 3.05) is 7.05 Å². The van der Waals surface area contributed by atoms with Crippen molar-refractivity contribution >= 4 is 0 Å². The van der Waals surface area contributed by atoms with Crippen molar-refractivity contribution in [2.45, 2.75) is 44.8 Å². The third kappa shape index (κ3) is 2.16. The molecule has 0 spiro atoms. The Labute approximate surface area is 102 Å². The van der Waals surface area contributed by atoms with Crippen LogP contribution in [0.1, 0.15) is 44.7 Å². The number of nitrogens with one attached hydrogen (secondary N) is 1. The van der Waals surface area contributed by atoms with Gasteiger partial charge in [0.15, 0.2) is 0 Å². The normalized spacial score (nSPS) is 21.8. The van der Waals surface area contributed by atoms with Crippen molar-refractivity contribution in [1.29, 1.82) is 0 Å². The van der Waals surface area contributed by atoms with Crippen LogP contribution >= 0.6 is 0 Å². The molecule has 0 saturated heterocycles. The van der Waals surface area contributed by atoms with Gasteiger partial charge in [0.1, 0.15) is 17.2 Å². The van der Waals surface area contributed by atoms with Crippen LogP contribution in [0.4, 0.5) is 4.39 Å². The maximum atomic E-state index is 13.3. The van der Waals surface area contributed by atoms with Crippen LogP contribution < -0.4 is 10.1 Å². The molecule has 1 heterocycles. The molecule has 0 fully saturated rings. The molecule has 2 nitrogen and oxygen atoms in total. The Bertz CT molecular complexity index is 401. The minimum absolute atomic E-state index is 0.113. The van der Waals surface area contributed by atoms with Gasteiger partial charge in [-0.25, -0.2) is 4.39 Å². The van der Waals surface area contributed by atoms with Crippen molar-refractivity contribution in [1.82, 2.24) is 5.32 Å². The highest BCUT2D eigenvalue weighted by Gasteiger charge is 2.37. The first-order chi connectivity index (χ1) is 8.14. The summed E-state index contributed by atoms with van der Waals surface area (Å²) in [7, 11) is 1.92. The molecule has 0 saturated carbocycles. The minimum atomic E-state index is -0.201. The molecule has 94 valence electrons. The molecule has 17 heavy (non-hydrogen) atoms. The Morgan fingerprint density at radius 2 is 2.12 bits per heavy atom. The highest BCUT2D eigenvalue weighted by atomic mass is 19.1.